The number of benzene rings is 1. The summed E-state index contributed by atoms with van der Waals surface area (Å²) in [4.78, 5) is 5.29. The van der Waals surface area contributed by atoms with Crippen molar-refractivity contribution < 1.29 is 26.3 Å². The number of fused-ring (bicyclic) bond motifs is 3. The normalized spacial score (nSPS) is 19.4. The van der Waals surface area contributed by atoms with Crippen LogP contribution in [0.2, 0.25) is 0 Å². The maximum atomic E-state index is 13.6. The molecule has 0 aromatic heterocycles. The summed E-state index contributed by atoms with van der Waals surface area (Å²) in [5.74, 6) is 0. The lowest BCUT2D eigenvalue weighted by atomic mass is 9.93. The number of hydrogen-bond donors (Lipinski definition) is 0. The highest BCUT2D eigenvalue weighted by Crippen LogP contribution is 2.41. The second-order valence-electron chi connectivity index (χ2n) is 6.17. The van der Waals surface area contributed by atoms with Crippen molar-refractivity contribution in [2.24, 2.45) is 4.99 Å². The first kappa shape index (κ1) is 17.8. The molecule has 25 heavy (non-hydrogen) atoms. The number of nitrogens with zero attached hydrogens (tertiary/aromatic N) is 2. The van der Waals surface area contributed by atoms with Gasteiger partial charge in [0.25, 0.3) is 0 Å². The highest BCUT2D eigenvalue weighted by molar-refractivity contribution is 5.98. The van der Waals surface area contributed by atoms with Crippen LogP contribution in [0.5, 0.6) is 0 Å². The number of hydrogen-bond acceptors (Lipinski definition) is 2. The van der Waals surface area contributed by atoms with Crippen LogP contribution in [0.4, 0.5) is 37.7 Å². The molecule has 0 N–H and O–H groups in total. The number of anilines is 1. The highest BCUT2D eigenvalue weighted by atomic mass is 19.4. The molecule has 1 atom stereocenters. The van der Waals surface area contributed by atoms with Crippen LogP contribution in [0.25, 0.3) is 12.2 Å². The summed E-state index contributed by atoms with van der Waals surface area (Å²) in [5, 5.41) is 0.870. The lowest BCUT2D eigenvalue weighted by Gasteiger charge is -2.38. The van der Waals surface area contributed by atoms with E-state index >= 15 is 0 Å². The van der Waals surface area contributed by atoms with Gasteiger partial charge >= 0.3 is 12.4 Å². The Morgan fingerprint density at radius 2 is 1.84 bits per heavy atom. The summed E-state index contributed by atoms with van der Waals surface area (Å²) >= 11 is 0. The van der Waals surface area contributed by atoms with Gasteiger partial charge in [-0.05, 0) is 31.9 Å². The molecule has 2 nitrogen and oxygen atoms in total. The van der Waals surface area contributed by atoms with E-state index in [0.29, 0.717) is 10.4 Å². The van der Waals surface area contributed by atoms with Crippen molar-refractivity contribution in [3.05, 3.63) is 21.6 Å². The molecule has 0 spiro atoms. The standard InChI is InChI=1S/C17H16F6N2/c1-3-25-10(8-16(18,19)20)4-5-12-11-6-7-24-14(11)13(17(21,22)23)9(2)15(12)25/h5-7,10H,3-4,8H2,1-2H3. The fourth-order valence-corrected chi connectivity index (χ4v) is 3.74. The molecule has 0 saturated carbocycles. The Morgan fingerprint density at radius 3 is 2.40 bits per heavy atom. The third kappa shape index (κ3) is 3.02. The van der Waals surface area contributed by atoms with E-state index < -0.39 is 30.4 Å². The van der Waals surface area contributed by atoms with Crippen LogP contribution in [0.1, 0.15) is 30.9 Å². The van der Waals surface area contributed by atoms with Crippen LogP contribution in [0.3, 0.4) is 0 Å². The van der Waals surface area contributed by atoms with Crippen LogP contribution < -0.4 is 15.3 Å². The van der Waals surface area contributed by atoms with Crippen molar-refractivity contribution in [1.82, 2.24) is 0 Å². The summed E-state index contributed by atoms with van der Waals surface area (Å²) in [5.41, 5.74) is -0.856. The Kier molecular flexibility index (Phi) is 4.12. The molecule has 2 heterocycles. The predicted octanol–water partition coefficient (Wildman–Crippen LogP) is 3.84. The van der Waals surface area contributed by atoms with Gasteiger partial charge in [0, 0.05) is 34.9 Å². The summed E-state index contributed by atoms with van der Waals surface area (Å²) in [6.07, 6.45) is -5.55. The highest BCUT2D eigenvalue weighted by Gasteiger charge is 2.41. The Morgan fingerprint density at radius 1 is 1.16 bits per heavy atom. The van der Waals surface area contributed by atoms with Gasteiger partial charge in [0.05, 0.1) is 17.7 Å². The Hall–Kier alpha value is -1.99. The van der Waals surface area contributed by atoms with Gasteiger partial charge in [-0.3, -0.25) is 4.99 Å². The molecule has 1 unspecified atom stereocenters. The SMILES string of the molecule is CCN1c2c(C)c(C(F)(F)F)c3c(c2=CCC1CC(F)(F)F)=CC=N3. The fraction of sp³-hybridized carbons (Fsp3) is 0.471. The second-order valence-corrected chi connectivity index (χ2v) is 6.17. The monoisotopic (exact) mass is 362 g/mol. The first-order chi connectivity index (χ1) is 11.5. The van der Waals surface area contributed by atoms with Gasteiger partial charge in [0.15, 0.2) is 0 Å². The maximum absolute atomic E-state index is 13.6. The predicted molar refractivity (Wildman–Crippen MR) is 84.6 cm³/mol. The van der Waals surface area contributed by atoms with Crippen LogP contribution in [0, 0.1) is 6.92 Å². The van der Waals surface area contributed by atoms with Crippen molar-refractivity contribution in [3.8, 4) is 0 Å². The smallest absolute Gasteiger partial charge is 0.367 e. The van der Waals surface area contributed by atoms with Gasteiger partial charge in [-0.15, -0.1) is 0 Å². The summed E-state index contributed by atoms with van der Waals surface area (Å²) in [6.45, 7) is 3.15. The molecule has 0 aliphatic carbocycles. The van der Waals surface area contributed by atoms with E-state index in [9.17, 15) is 26.3 Å². The minimum atomic E-state index is -4.63. The summed E-state index contributed by atoms with van der Waals surface area (Å²) in [7, 11) is 0. The summed E-state index contributed by atoms with van der Waals surface area (Å²) in [6, 6.07) is -0.905. The van der Waals surface area contributed by atoms with Crippen molar-refractivity contribution >= 4 is 29.7 Å². The van der Waals surface area contributed by atoms with E-state index in [0.717, 1.165) is 0 Å². The van der Waals surface area contributed by atoms with Gasteiger partial charge < -0.3 is 4.90 Å². The Balaban J connectivity index is 2.27. The van der Waals surface area contributed by atoms with Crippen molar-refractivity contribution in [2.75, 3.05) is 11.4 Å². The zero-order valence-corrected chi connectivity index (χ0v) is 13.6. The third-order valence-electron chi connectivity index (χ3n) is 4.63. The van der Waals surface area contributed by atoms with E-state index in [4.69, 9.17) is 0 Å². The lowest BCUT2D eigenvalue weighted by Crippen LogP contribution is -2.47. The number of rotatable bonds is 2. The molecule has 3 rings (SSSR count). The molecule has 1 aromatic rings. The molecule has 2 aliphatic rings. The Bertz CT molecular complexity index is 848. The van der Waals surface area contributed by atoms with Crippen LogP contribution >= 0.6 is 0 Å². The number of halogens is 6. The van der Waals surface area contributed by atoms with Crippen molar-refractivity contribution in [1.29, 1.82) is 0 Å². The molecule has 0 amide bonds. The van der Waals surface area contributed by atoms with E-state index in [1.165, 1.54) is 24.1 Å². The first-order valence-corrected chi connectivity index (χ1v) is 7.86. The lowest BCUT2D eigenvalue weighted by molar-refractivity contribution is -0.139. The van der Waals surface area contributed by atoms with E-state index in [1.54, 1.807) is 13.0 Å². The summed E-state index contributed by atoms with van der Waals surface area (Å²) < 4.78 is 79.3. The first-order valence-electron chi connectivity index (χ1n) is 7.86. The van der Waals surface area contributed by atoms with E-state index in [2.05, 4.69) is 4.99 Å². The average Bonchev–Trinajstić information content (AvgIpc) is 2.93. The largest absolute Gasteiger partial charge is 0.418 e. The van der Waals surface area contributed by atoms with Gasteiger partial charge in [0.1, 0.15) is 0 Å². The molecule has 2 aliphatic heterocycles. The molecule has 1 aromatic carbocycles. The quantitative estimate of drug-likeness (QED) is 0.730. The second kappa shape index (κ2) is 5.78. The fourth-order valence-electron chi connectivity index (χ4n) is 3.74. The minimum Gasteiger partial charge on any atom is -0.367 e. The van der Waals surface area contributed by atoms with Gasteiger partial charge in [-0.2, -0.15) is 26.3 Å². The van der Waals surface area contributed by atoms with E-state index in [-0.39, 0.29) is 29.9 Å². The molecule has 0 fully saturated rings. The molecule has 0 saturated heterocycles. The third-order valence-corrected chi connectivity index (χ3v) is 4.63. The average molecular weight is 362 g/mol. The zero-order valence-electron chi connectivity index (χ0n) is 13.6. The minimum absolute atomic E-state index is 0.0707. The molecule has 0 bridgehead atoms. The van der Waals surface area contributed by atoms with E-state index in [1.807, 2.05) is 0 Å². The number of alkyl halides is 6. The van der Waals surface area contributed by atoms with Crippen LogP contribution in [-0.2, 0) is 6.18 Å². The molecule has 136 valence electrons. The Labute approximate surface area is 140 Å². The zero-order chi connectivity index (χ0) is 18.6. The van der Waals surface area contributed by atoms with Gasteiger partial charge in [0.2, 0.25) is 0 Å². The van der Waals surface area contributed by atoms with Crippen molar-refractivity contribution in [2.45, 2.75) is 45.1 Å². The maximum Gasteiger partial charge on any atom is 0.418 e. The van der Waals surface area contributed by atoms with Crippen LogP contribution in [-0.4, -0.2) is 25.0 Å². The molecule has 8 heteroatoms. The van der Waals surface area contributed by atoms with Crippen LogP contribution in [0.15, 0.2) is 4.99 Å². The van der Waals surface area contributed by atoms with Crippen molar-refractivity contribution in [3.63, 3.8) is 0 Å². The topological polar surface area (TPSA) is 15.6 Å². The molecular formula is C17H16F6N2. The van der Waals surface area contributed by atoms with Gasteiger partial charge in [-0.25, -0.2) is 0 Å². The van der Waals surface area contributed by atoms with Gasteiger partial charge in [-0.1, -0.05) is 6.08 Å². The number of aliphatic imine (C=N–C) groups is 1. The molecule has 0 radical (unpaired) electrons. The molecular weight excluding hydrogens is 346 g/mol.